The van der Waals surface area contributed by atoms with Crippen LogP contribution in [0.5, 0.6) is 5.75 Å². The first kappa shape index (κ1) is 19.6. The van der Waals surface area contributed by atoms with Crippen molar-refractivity contribution >= 4 is 11.9 Å². The topological polar surface area (TPSA) is 119 Å². The lowest BCUT2D eigenvalue weighted by Crippen LogP contribution is -2.41. The third-order valence-electron chi connectivity index (χ3n) is 4.89. The third kappa shape index (κ3) is 4.29. The van der Waals surface area contributed by atoms with Gasteiger partial charge in [-0.1, -0.05) is 23.4 Å². The number of carbonyl (C=O) groups is 2. The molecule has 3 heterocycles. The zero-order valence-corrected chi connectivity index (χ0v) is 16.1. The van der Waals surface area contributed by atoms with Gasteiger partial charge < -0.3 is 19.3 Å². The quantitative estimate of drug-likeness (QED) is 0.661. The molecule has 1 amide bonds. The summed E-state index contributed by atoms with van der Waals surface area (Å²) in [5.74, 6) is -0.0744. The summed E-state index contributed by atoms with van der Waals surface area (Å²) in [5, 5.41) is 13.1. The average Bonchev–Trinajstić information content (AvgIpc) is 3.28. The Labute approximate surface area is 172 Å². The van der Waals surface area contributed by atoms with E-state index in [1.165, 1.54) is 12.3 Å². The maximum atomic E-state index is 12.8. The van der Waals surface area contributed by atoms with Gasteiger partial charge in [0.25, 0.3) is 5.91 Å². The number of carboxylic acid groups (broad SMARTS) is 1. The predicted octanol–water partition coefficient (Wildman–Crippen LogP) is 2.96. The highest BCUT2D eigenvalue weighted by Gasteiger charge is 2.32. The van der Waals surface area contributed by atoms with Gasteiger partial charge in [0.05, 0.1) is 0 Å². The molecule has 154 valence electrons. The second-order valence-electron chi connectivity index (χ2n) is 6.89. The molecule has 1 aliphatic heterocycles. The molecule has 2 aromatic heterocycles. The molecule has 1 saturated heterocycles. The minimum atomic E-state index is -1.14. The number of carboxylic acids is 1. The molecule has 4 rings (SSSR count). The predicted molar refractivity (Wildman–Crippen MR) is 105 cm³/mol. The summed E-state index contributed by atoms with van der Waals surface area (Å²) in [6, 6.07) is 11.8. The minimum absolute atomic E-state index is 0.0756. The van der Waals surface area contributed by atoms with E-state index >= 15 is 0 Å². The second-order valence-corrected chi connectivity index (χ2v) is 6.89. The van der Waals surface area contributed by atoms with Gasteiger partial charge in [0, 0.05) is 18.3 Å². The number of nitrogens with zero attached hydrogens (tertiary/aromatic N) is 4. The van der Waals surface area contributed by atoms with Crippen LogP contribution in [0.1, 0.15) is 41.7 Å². The molecule has 1 aromatic carbocycles. The molecule has 1 aliphatic rings. The summed E-state index contributed by atoms with van der Waals surface area (Å²) in [6.07, 6.45) is 3.91. The standard InChI is InChI=1S/C21H20N4O5/c26-18(13-29-15-6-2-1-3-7-15)25-11-5-4-8-17(25)20-23-19(24-30-20)14-9-10-22-16(12-14)21(27)28/h1-3,6-7,9-10,12,17H,4-5,8,11,13H2,(H,27,28)/t17-/m0/s1. The Kier molecular flexibility index (Phi) is 5.69. The van der Waals surface area contributed by atoms with Crippen molar-refractivity contribution in [3.05, 3.63) is 60.2 Å². The van der Waals surface area contributed by atoms with Gasteiger partial charge in [-0.15, -0.1) is 0 Å². The number of benzene rings is 1. The molecule has 0 spiro atoms. The number of para-hydroxylation sites is 1. The van der Waals surface area contributed by atoms with Gasteiger partial charge in [0.2, 0.25) is 11.7 Å². The summed E-state index contributed by atoms with van der Waals surface area (Å²) < 4.78 is 11.0. The fourth-order valence-corrected chi connectivity index (χ4v) is 3.41. The highest BCUT2D eigenvalue weighted by atomic mass is 16.5. The molecule has 0 bridgehead atoms. The van der Waals surface area contributed by atoms with Crippen LogP contribution in [0.15, 0.2) is 53.2 Å². The zero-order chi connectivity index (χ0) is 20.9. The molecule has 1 fully saturated rings. The first-order valence-corrected chi connectivity index (χ1v) is 9.62. The van der Waals surface area contributed by atoms with E-state index in [4.69, 9.17) is 14.4 Å². The van der Waals surface area contributed by atoms with E-state index < -0.39 is 5.97 Å². The maximum absolute atomic E-state index is 12.8. The third-order valence-corrected chi connectivity index (χ3v) is 4.89. The van der Waals surface area contributed by atoms with E-state index in [2.05, 4.69) is 15.1 Å². The van der Waals surface area contributed by atoms with Crippen LogP contribution in [-0.4, -0.2) is 50.2 Å². The van der Waals surface area contributed by atoms with Gasteiger partial charge in [-0.25, -0.2) is 9.78 Å². The highest BCUT2D eigenvalue weighted by Crippen LogP contribution is 2.31. The Hall–Kier alpha value is -3.75. The number of hydrogen-bond acceptors (Lipinski definition) is 7. The van der Waals surface area contributed by atoms with Crippen molar-refractivity contribution in [2.75, 3.05) is 13.2 Å². The minimum Gasteiger partial charge on any atom is -0.484 e. The van der Waals surface area contributed by atoms with Gasteiger partial charge >= 0.3 is 5.97 Å². The second kappa shape index (κ2) is 8.73. The summed E-state index contributed by atoms with van der Waals surface area (Å²) >= 11 is 0. The Morgan fingerprint density at radius 3 is 2.83 bits per heavy atom. The lowest BCUT2D eigenvalue weighted by molar-refractivity contribution is -0.138. The van der Waals surface area contributed by atoms with E-state index in [0.29, 0.717) is 30.2 Å². The Morgan fingerprint density at radius 2 is 2.03 bits per heavy atom. The van der Waals surface area contributed by atoms with Crippen LogP contribution in [0.4, 0.5) is 0 Å². The number of aromatic nitrogens is 3. The molecule has 0 saturated carbocycles. The summed E-state index contributed by atoms with van der Waals surface area (Å²) in [7, 11) is 0. The molecular weight excluding hydrogens is 388 g/mol. The van der Waals surface area contributed by atoms with E-state index in [1.54, 1.807) is 23.1 Å². The monoisotopic (exact) mass is 408 g/mol. The van der Waals surface area contributed by atoms with E-state index in [9.17, 15) is 9.59 Å². The number of rotatable bonds is 6. The molecular formula is C21H20N4O5. The number of carbonyl (C=O) groups excluding carboxylic acids is 1. The van der Waals surface area contributed by atoms with Gasteiger partial charge in [0.15, 0.2) is 6.61 Å². The van der Waals surface area contributed by atoms with Crippen molar-refractivity contribution in [1.82, 2.24) is 20.0 Å². The van der Waals surface area contributed by atoms with Crippen molar-refractivity contribution in [3.8, 4) is 17.1 Å². The van der Waals surface area contributed by atoms with Gasteiger partial charge in [0.1, 0.15) is 17.5 Å². The molecule has 30 heavy (non-hydrogen) atoms. The maximum Gasteiger partial charge on any atom is 0.354 e. The summed E-state index contributed by atoms with van der Waals surface area (Å²) in [4.78, 5) is 33.8. The van der Waals surface area contributed by atoms with Gasteiger partial charge in [-0.3, -0.25) is 4.79 Å². The highest BCUT2D eigenvalue weighted by molar-refractivity contribution is 5.86. The van der Waals surface area contributed by atoms with Crippen molar-refractivity contribution in [2.24, 2.45) is 0 Å². The molecule has 1 atom stereocenters. The number of likely N-dealkylation sites (tertiary alicyclic amines) is 1. The van der Waals surface area contributed by atoms with Crippen molar-refractivity contribution in [3.63, 3.8) is 0 Å². The van der Waals surface area contributed by atoms with Crippen LogP contribution in [0.3, 0.4) is 0 Å². The Morgan fingerprint density at radius 1 is 1.20 bits per heavy atom. The molecule has 1 N–H and O–H groups in total. The summed E-state index contributed by atoms with van der Waals surface area (Å²) in [6.45, 7) is 0.506. The first-order valence-electron chi connectivity index (χ1n) is 9.62. The molecule has 9 heteroatoms. The SMILES string of the molecule is O=C(O)c1cc(-c2noc([C@@H]3CCCCN3C(=O)COc3ccccc3)n2)ccn1. The number of aromatic carboxylic acids is 1. The average molecular weight is 408 g/mol. The number of piperidine rings is 1. The first-order chi connectivity index (χ1) is 14.6. The Balaban J connectivity index is 1.50. The number of hydrogen-bond donors (Lipinski definition) is 1. The van der Waals surface area contributed by atoms with E-state index in [0.717, 1.165) is 12.8 Å². The van der Waals surface area contributed by atoms with Gasteiger partial charge in [-0.2, -0.15) is 4.98 Å². The lowest BCUT2D eigenvalue weighted by atomic mass is 10.0. The smallest absolute Gasteiger partial charge is 0.354 e. The van der Waals surface area contributed by atoms with Crippen molar-refractivity contribution in [2.45, 2.75) is 25.3 Å². The van der Waals surface area contributed by atoms with Crippen LogP contribution >= 0.6 is 0 Å². The lowest BCUT2D eigenvalue weighted by Gasteiger charge is -2.33. The molecule has 0 aliphatic carbocycles. The van der Waals surface area contributed by atoms with Crippen molar-refractivity contribution < 1.29 is 24.0 Å². The molecule has 0 radical (unpaired) electrons. The fourth-order valence-electron chi connectivity index (χ4n) is 3.41. The number of pyridine rings is 1. The fraction of sp³-hybridized carbons (Fsp3) is 0.286. The van der Waals surface area contributed by atoms with Crippen LogP contribution in [-0.2, 0) is 4.79 Å². The normalized spacial score (nSPS) is 16.3. The van der Waals surface area contributed by atoms with Crippen LogP contribution in [0, 0.1) is 0 Å². The largest absolute Gasteiger partial charge is 0.484 e. The molecule has 0 unspecified atom stereocenters. The zero-order valence-electron chi connectivity index (χ0n) is 16.1. The van der Waals surface area contributed by atoms with Crippen LogP contribution in [0.2, 0.25) is 0 Å². The van der Waals surface area contributed by atoms with Crippen molar-refractivity contribution in [1.29, 1.82) is 0 Å². The van der Waals surface area contributed by atoms with E-state index in [-0.39, 0.29) is 30.1 Å². The van der Waals surface area contributed by atoms with Crippen LogP contribution in [0.25, 0.3) is 11.4 Å². The van der Waals surface area contributed by atoms with Crippen LogP contribution < -0.4 is 4.74 Å². The number of amides is 1. The van der Waals surface area contributed by atoms with E-state index in [1.807, 2.05) is 18.2 Å². The number of ether oxygens (including phenoxy) is 1. The molecule has 9 nitrogen and oxygen atoms in total. The Bertz CT molecular complexity index is 1040. The molecule has 3 aromatic rings. The summed E-state index contributed by atoms with van der Waals surface area (Å²) in [5.41, 5.74) is 0.380. The van der Waals surface area contributed by atoms with Gasteiger partial charge in [-0.05, 0) is 43.5 Å².